The van der Waals surface area contributed by atoms with Gasteiger partial charge in [-0.15, -0.1) is 47.5 Å². The van der Waals surface area contributed by atoms with Crippen molar-refractivity contribution in [1.29, 1.82) is 0 Å². The van der Waals surface area contributed by atoms with Gasteiger partial charge >= 0.3 is 21.1 Å². The normalized spacial score (nSPS) is 11.3. The van der Waals surface area contributed by atoms with Crippen LogP contribution in [0.3, 0.4) is 0 Å². The fraction of sp³-hybridized carbons (Fsp3) is 0.0270. The molecule has 8 rings (SSSR count). The second-order valence-corrected chi connectivity index (χ2v) is 10.2. The van der Waals surface area contributed by atoms with E-state index in [9.17, 15) is 0 Å². The molecular formula is C37H24N4Pt. The van der Waals surface area contributed by atoms with Gasteiger partial charge in [0.05, 0.1) is 16.9 Å². The number of hydrogen-bond acceptors (Lipinski definition) is 2. The first-order valence-electron chi connectivity index (χ1n) is 13.7. The van der Waals surface area contributed by atoms with E-state index in [1.165, 1.54) is 5.39 Å². The minimum Gasteiger partial charge on any atom is -0.367 e. The van der Waals surface area contributed by atoms with Crippen molar-refractivity contribution >= 4 is 32.8 Å². The Hall–Kier alpha value is -4.79. The predicted molar refractivity (Wildman–Crippen MR) is 167 cm³/mol. The molecule has 0 fully saturated rings. The number of aryl methyl sites for hydroxylation is 1. The molecule has 0 aliphatic heterocycles. The van der Waals surface area contributed by atoms with E-state index in [0.29, 0.717) is 0 Å². The van der Waals surface area contributed by atoms with Gasteiger partial charge in [0, 0.05) is 18.8 Å². The van der Waals surface area contributed by atoms with Crippen molar-refractivity contribution in [2.75, 3.05) is 0 Å². The summed E-state index contributed by atoms with van der Waals surface area (Å²) in [7, 11) is 2.07. The van der Waals surface area contributed by atoms with E-state index in [4.69, 9.17) is 4.98 Å². The average molecular weight is 720 g/mol. The Balaban J connectivity index is 0.00000288. The van der Waals surface area contributed by atoms with Crippen LogP contribution in [0.1, 0.15) is 0 Å². The van der Waals surface area contributed by atoms with Gasteiger partial charge in [-0.25, -0.2) is 0 Å². The molecule has 0 bridgehead atoms. The molecule has 0 atom stereocenters. The van der Waals surface area contributed by atoms with E-state index >= 15 is 0 Å². The Morgan fingerprint density at radius 2 is 1.43 bits per heavy atom. The van der Waals surface area contributed by atoms with Crippen LogP contribution < -0.4 is 0 Å². The molecule has 0 saturated heterocycles. The van der Waals surface area contributed by atoms with E-state index in [1.54, 1.807) is 0 Å². The van der Waals surface area contributed by atoms with Crippen LogP contribution in [-0.2, 0) is 28.1 Å². The van der Waals surface area contributed by atoms with Gasteiger partial charge in [-0.1, -0.05) is 83.7 Å². The Labute approximate surface area is 258 Å². The number of imidazole rings is 1. The van der Waals surface area contributed by atoms with Crippen molar-refractivity contribution in [3.05, 3.63) is 140 Å². The largest absolute Gasteiger partial charge is 2.00 e. The van der Waals surface area contributed by atoms with Crippen molar-refractivity contribution in [3.63, 3.8) is 0 Å². The van der Waals surface area contributed by atoms with Crippen LogP contribution in [0.5, 0.6) is 0 Å². The molecule has 5 aromatic carbocycles. The molecular weight excluding hydrogens is 696 g/mol. The van der Waals surface area contributed by atoms with Gasteiger partial charge in [0.2, 0.25) is 0 Å². The second kappa shape index (κ2) is 10.6. The zero-order valence-corrected chi connectivity index (χ0v) is 25.0. The number of fused-ring (bicyclic) bond motifs is 4. The molecule has 3 heterocycles. The van der Waals surface area contributed by atoms with E-state index in [2.05, 4.69) is 130 Å². The first-order valence-corrected chi connectivity index (χ1v) is 13.7. The summed E-state index contributed by atoms with van der Waals surface area (Å²) in [6.07, 6.45) is 1.82. The van der Waals surface area contributed by atoms with Crippen molar-refractivity contribution in [1.82, 2.24) is 19.1 Å². The number of para-hydroxylation sites is 3. The zero-order valence-electron chi connectivity index (χ0n) is 22.7. The summed E-state index contributed by atoms with van der Waals surface area (Å²) < 4.78 is 4.43. The van der Waals surface area contributed by atoms with Gasteiger partial charge in [-0.3, -0.25) is 4.98 Å². The Morgan fingerprint density at radius 3 is 2.24 bits per heavy atom. The third-order valence-electron chi connectivity index (χ3n) is 7.76. The number of hydrogen-bond donors (Lipinski definition) is 0. The van der Waals surface area contributed by atoms with Crippen molar-refractivity contribution in [2.24, 2.45) is 7.05 Å². The van der Waals surface area contributed by atoms with Gasteiger partial charge in [0.25, 0.3) is 0 Å². The first-order chi connectivity index (χ1) is 20.3. The molecule has 0 unspecified atom stereocenters. The van der Waals surface area contributed by atoms with Crippen LogP contribution in [0.2, 0.25) is 0 Å². The van der Waals surface area contributed by atoms with Crippen LogP contribution >= 0.6 is 0 Å². The molecule has 0 radical (unpaired) electrons. The summed E-state index contributed by atoms with van der Waals surface area (Å²) in [6, 6.07) is 49.3. The minimum absolute atomic E-state index is 0. The molecule has 3 aromatic heterocycles. The molecule has 0 saturated carbocycles. The summed E-state index contributed by atoms with van der Waals surface area (Å²) >= 11 is 0. The van der Waals surface area contributed by atoms with Crippen molar-refractivity contribution < 1.29 is 21.1 Å². The molecule has 0 aliphatic rings. The van der Waals surface area contributed by atoms with Gasteiger partial charge in [0.15, 0.2) is 0 Å². The summed E-state index contributed by atoms with van der Waals surface area (Å²) in [5.74, 6) is 0.883. The topological polar surface area (TPSA) is 35.6 Å². The van der Waals surface area contributed by atoms with Crippen LogP contribution in [0.15, 0.2) is 128 Å². The van der Waals surface area contributed by atoms with Crippen LogP contribution in [-0.4, -0.2) is 19.1 Å². The van der Waals surface area contributed by atoms with Gasteiger partial charge < -0.3 is 14.1 Å². The SMILES string of the molecule is Cn1c(-c2[c-]c3c(c(-c4ccccc4)c2)c2ccccc2n3-c2[c-]c(-c3ccccn3)ccc2)nc2ccccc21.[Pt+2]. The number of aromatic nitrogens is 4. The predicted octanol–water partition coefficient (Wildman–Crippen LogP) is 8.66. The molecule has 0 amide bonds. The first kappa shape index (κ1) is 26.1. The summed E-state index contributed by atoms with van der Waals surface area (Å²) in [5.41, 5.74) is 10.2. The summed E-state index contributed by atoms with van der Waals surface area (Å²) in [5, 5.41) is 2.33. The third kappa shape index (κ3) is 4.19. The maximum absolute atomic E-state index is 5.04. The second-order valence-electron chi connectivity index (χ2n) is 10.2. The monoisotopic (exact) mass is 719 g/mol. The van der Waals surface area contributed by atoms with E-state index in [-0.39, 0.29) is 21.1 Å². The molecule has 42 heavy (non-hydrogen) atoms. The third-order valence-corrected chi connectivity index (χ3v) is 7.76. The zero-order chi connectivity index (χ0) is 27.3. The average Bonchev–Trinajstić information content (AvgIpc) is 3.56. The van der Waals surface area contributed by atoms with Gasteiger partial charge in [-0.05, 0) is 52.1 Å². The minimum atomic E-state index is 0. The maximum Gasteiger partial charge on any atom is 2.00 e. The van der Waals surface area contributed by atoms with Crippen LogP contribution in [0.25, 0.3) is 72.3 Å². The Morgan fingerprint density at radius 1 is 0.667 bits per heavy atom. The molecule has 0 spiro atoms. The molecule has 5 heteroatoms. The fourth-order valence-electron chi connectivity index (χ4n) is 5.87. The Kier molecular flexibility index (Phi) is 6.57. The smallest absolute Gasteiger partial charge is 0.367 e. The van der Waals surface area contributed by atoms with Crippen LogP contribution in [0.4, 0.5) is 0 Å². The van der Waals surface area contributed by atoms with Crippen molar-refractivity contribution in [2.45, 2.75) is 0 Å². The maximum atomic E-state index is 5.04. The number of nitrogens with zero attached hydrogens (tertiary/aromatic N) is 4. The Bertz CT molecular complexity index is 2210. The van der Waals surface area contributed by atoms with Crippen LogP contribution in [0, 0.1) is 12.1 Å². The quantitative estimate of drug-likeness (QED) is 0.171. The molecule has 8 aromatic rings. The molecule has 0 aliphatic carbocycles. The number of benzene rings is 5. The van der Waals surface area contributed by atoms with Gasteiger partial charge in [-0.2, -0.15) is 0 Å². The van der Waals surface area contributed by atoms with Gasteiger partial charge in [0.1, 0.15) is 0 Å². The molecule has 0 N–H and O–H groups in total. The summed E-state index contributed by atoms with van der Waals surface area (Å²) in [4.78, 5) is 9.62. The van der Waals surface area contributed by atoms with E-state index < -0.39 is 0 Å². The molecule has 4 nitrogen and oxygen atoms in total. The number of rotatable bonds is 4. The molecule has 202 valence electrons. The number of pyridine rings is 1. The standard InChI is InChI=1S/C37H24N4.Pt/c1-40-34-20-8-6-18-32(34)39-37(40)27-23-30(25-12-3-2-4-13-25)36-29-16-5-7-19-33(29)41(35(36)24-27)28-15-11-14-26(22-28)31-17-9-10-21-38-31;/h2-21,23H,1H3;/q-2;+2. The van der Waals surface area contributed by atoms with E-state index in [0.717, 1.165) is 66.9 Å². The summed E-state index contributed by atoms with van der Waals surface area (Å²) in [6.45, 7) is 0. The van der Waals surface area contributed by atoms with E-state index in [1.807, 2.05) is 30.5 Å². The van der Waals surface area contributed by atoms with Crippen molar-refractivity contribution in [3.8, 4) is 39.5 Å². The fourth-order valence-corrected chi connectivity index (χ4v) is 5.87.